The van der Waals surface area contributed by atoms with Crippen molar-refractivity contribution in [2.24, 2.45) is 4.99 Å². The van der Waals surface area contributed by atoms with Crippen LogP contribution in [0.3, 0.4) is 0 Å². The maximum Gasteiger partial charge on any atom is 0.275 e. The lowest BCUT2D eigenvalue weighted by Gasteiger charge is -2.36. The monoisotopic (exact) mass is 417 g/mol. The number of piperazine rings is 1. The first kappa shape index (κ1) is 19.8. The second-order valence-electron chi connectivity index (χ2n) is 8.37. The van der Waals surface area contributed by atoms with Crippen LogP contribution in [0, 0.1) is 6.92 Å². The number of nitrogens with zero attached hydrogens (tertiary/aromatic N) is 5. The van der Waals surface area contributed by atoms with Gasteiger partial charge in [-0.05, 0) is 61.9 Å². The van der Waals surface area contributed by atoms with Crippen LogP contribution in [0.2, 0.25) is 0 Å². The predicted molar refractivity (Wildman–Crippen MR) is 123 cm³/mol. The van der Waals surface area contributed by atoms with Crippen molar-refractivity contribution in [3.8, 4) is 0 Å². The van der Waals surface area contributed by atoms with E-state index in [-0.39, 0.29) is 17.9 Å². The Morgan fingerprint density at radius 2 is 1.77 bits per heavy atom. The maximum absolute atomic E-state index is 13.1. The summed E-state index contributed by atoms with van der Waals surface area (Å²) < 4.78 is 3.93. The van der Waals surface area contributed by atoms with E-state index in [4.69, 9.17) is 0 Å². The molecule has 0 atom stereocenters. The second kappa shape index (κ2) is 8.15. The van der Waals surface area contributed by atoms with Crippen LogP contribution in [0.5, 0.6) is 0 Å². The predicted octanol–water partition coefficient (Wildman–Crippen LogP) is 2.11. The number of benzene rings is 1. The normalized spacial score (nSPS) is 17.6. The number of carbonyl (C=O) groups excluding carboxylic acids is 1. The van der Waals surface area contributed by atoms with Crippen molar-refractivity contribution in [3.05, 3.63) is 64.6 Å². The first-order valence-corrected chi connectivity index (χ1v) is 10.9. The van der Waals surface area contributed by atoms with Crippen LogP contribution in [0.25, 0.3) is 16.6 Å². The Kier molecular flexibility index (Phi) is 5.19. The van der Waals surface area contributed by atoms with Gasteiger partial charge in [-0.2, -0.15) is 0 Å². The summed E-state index contributed by atoms with van der Waals surface area (Å²) in [6.45, 7) is 7.77. The molecule has 160 valence electrons. The highest BCUT2D eigenvalue weighted by molar-refractivity contribution is 6.05. The third-order valence-electron chi connectivity index (χ3n) is 6.26. The summed E-state index contributed by atoms with van der Waals surface area (Å²) in [6, 6.07) is 10.1. The largest absolute Gasteiger partial charge is 0.354 e. The van der Waals surface area contributed by atoms with E-state index in [1.54, 1.807) is 6.08 Å². The summed E-state index contributed by atoms with van der Waals surface area (Å²) in [5.41, 5.74) is 4.05. The number of fused-ring (bicyclic) bond motifs is 3. The highest BCUT2D eigenvalue weighted by Crippen LogP contribution is 2.17. The first-order valence-electron chi connectivity index (χ1n) is 10.9. The highest BCUT2D eigenvalue weighted by Gasteiger charge is 2.20. The summed E-state index contributed by atoms with van der Waals surface area (Å²) in [6.07, 6.45) is 6.34. The lowest BCUT2D eigenvalue weighted by Crippen LogP contribution is -2.49. The topological polar surface area (TPSA) is 62.3 Å². The van der Waals surface area contributed by atoms with Crippen molar-refractivity contribution in [1.82, 2.24) is 18.8 Å². The second-order valence-corrected chi connectivity index (χ2v) is 8.37. The van der Waals surface area contributed by atoms with Crippen molar-refractivity contribution < 1.29 is 4.79 Å². The molecule has 4 heterocycles. The first-order chi connectivity index (χ1) is 15.1. The van der Waals surface area contributed by atoms with Crippen LogP contribution in [0.1, 0.15) is 12.0 Å². The van der Waals surface area contributed by atoms with Crippen molar-refractivity contribution in [3.63, 3.8) is 0 Å². The molecule has 3 aromatic rings. The van der Waals surface area contributed by atoms with Gasteiger partial charge in [0.1, 0.15) is 17.9 Å². The maximum atomic E-state index is 13.1. The van der Waals surface area contributed by atoms with Crippen LogP contribution in [0.15, 0.2) is 58.5 Å². The molecule has 7 nitrogen and oxygen atoms in total. The highest BCUT2D eigenvalue weighted by atomic mass is 16.1. The molecule has 0 radical (unpaired) electrons. The minimum Gasteiger partial charge on any atom is -0.354 e. The Balaban J connectivity index is 1.25. The number of rotatable bonds is 4. The molecule has 0 unspecified atom stereocenters. The van der Waals surface area contributed by atoms with Crippen molar-refractivity contribution >= 4 is 28.2 Å². The van der Waals surface area contributed by atoms with E-state index in [0.717, 1.165) is 61.5 Å². The number of aromatic nitrogens is 2. The number of dihydropyridines is 1. The summed E-state index contributed by atoms with van der Waals surface area (Å²) >= 11 is 0. The lowest BCUT2D eigenvalue weighted by molar-refractivity contribution is -0.113. The van der Waals surface area contributed by atoms with Crippen LogP contribution >= 0.6 is 0 Å². The van der Waals surface area contributed by atoms with Crippen LogP contribution < -0.4 is 5.56 Å². The zero-order valence-corrected chi connectivity index (χ0v) is 17.8. The quantitative estimate of drug-likeness (QED) is 0.652. The van der Waals surface area contributed by atoms with E-state index >= 15 is 0 Å². The molecular formula is C24H27N5O2. The third kappa shape index (κ3) is 3.81. The van der Waals surface area contributed by atoms with E-state index < -0.39 is 0 Å². The summed E-state index contributed by atoms with van der Waals surface area (Å²) in [7, 11) is 0. The van der Waals surface area contributed by atoms with Gasteiger partial charge in [-0.1, -0.05) is 6.07 Å². The zero-order chi connectivity index (χ0) is 21.4. The van der Waals surface area contributed by atoms with Crippen LogP contribution in [-0.2, 0) is 11.3 Å². The Morgan fingerprint density at radius 1 is 0.935 bits per heavy atom. The summed E-state index contributed by atoms with van der Waals surface area (Å²) in [5, 5.41) is 0. The molecule has 1 saturated heterocycles. The van der Waals surface area contributed by atoms with Gasteiger partial charge in [0.15, 0.2) is 5.78 Å². The summed E-state index contributed by atoms with van der Waals surface area (Å²) in [4.78, 5) is 33.5. The van der Waals surface area contributed by atoms with Crippen molar-refractivity contribution in [1.29, 1.82) is 0 Å². The van der Waals surface area contributed by atoms with Crippen molar-refractivity contribution in [2.75, 3.05) is 39.3 Å². The molecule has 0 amide bonds. The molecule has 7 heteroatoms. The van der Waals surface area contributed by atoms with E-state index in [1.807, 2.05) is 33.4 Å². The van der Waals surface area contributed by atoms with Gasteiger partial charge in [0.05, 0.1) is 11.0 Å². The molecule has 0 bridgehead atoms. The molecule has 5 rings (SSSR count). The average Bonchev–Trinajstić information content (AvgIpc) is 3.28. The Labute approximate surface area is 180 Å². The molecule has 1 aromatic carbocycles. The number of aryl methyl sites for hydroxylation is 2. The van der Waals surface area contributed by atoms with E-state index in [1.165, 1.54) is 5.56 Å². The summed E-state index contributed by atoms with van der Waals surface area (Å²) in [5.74, 6) is 0.992. The number of aliphatic imine (C=N–C) groups is 1. The third-order valence-corrected chi connectivity index (χ3v) is 6.26. The number of hydrogen-bond donors (Lipinski definition) is 0. The minimum atomic E-state index is 0.0682. The molecule has 2 aromatic heterocycles. The van der Waals surface area contributed by atoms with Gasteiger partial charge < -0.3 is 13.9 Å². The fraction of sp³-hybridized carbons (Fsp3) is 0.375. The van der Waals surface area contributed by atoms with Gasteiger partial charge in [0, 0.05) is 38.9 Å². The zero-order valence-electron chi connectivity index (χ0n) is 17.8. The van der Waals surface area contributed by atoms with Gasteiger partial charge in [-0.25, -0.2) is 0 Å². The molecule has 2 aliphatic rings. The van der Waals surface area contributed by atoms with Gasteiger partial charge in [0.25, 0.3) is 5.56 Å². The van der Waals surface area contributed by atoms with Gasteiger partial charge >= 0.3 is 0 Å². The standard InChI is InChI=1S/C24H27N5O2/c1-18-5-7-20-22(16-18)28-10-2-4-21(28)24(31)29(20)11-3-9-26-12-14-27(15-13-26)23-8-6-19(30)17-25-23/h2,4-8,10,16H,3,9,11-15,17H2,1H3. The fourth-order valence-electron chi connectivity index (χ4n) is 4.58. The smallest absolute Gasteiger partial charge is 0.275 e. The van der Waals surface area contributed by atoms with Crippen LogP contribution in [-0.4, -0.2) is 69.7 Å². The Morgan fingerprint density at radius 3 is 2.55 bits per heavy atom. The van der Waals surface area contributed by atoms with Crippen LogP contribution in [0.4, 0.5) is 0 Å². The number of hydrogen-bond acceptors (Lipinski definition) is 5. The van der Waals surface area contributed by atoms with Gasteiger partial charge in [-0.3, -0.25) is 19.5 Å². The molecule has 31 heavy (non-hydrogen) atoms. The minimum absolute atomic E-state index is 0.0682. The average molecular weight is 418 g/mol. The lowest BCUT2D eigenvalue weighted by atomic mass is 10.2. The van der Waals surface area contributed by atoms with E-state index in [9.17, 15) is 9.59 Å². The van der Waals surface area contributed by atoms with Crippen molar-refractivity contribution in [2.45, 2.75) is 19.9 Å². The van der Waals surface area contributed by atoms with E-state index in [2.05, 4.69) is 39.9 Å². The molecule has 2 aliphatic heterocycles. The number of carbonyl (C=O) groups is 1. The Bertz CT molecular complexity index is 1260. The molecule has 0 N–H and O–H groups in total. The Hall–Kier alpha value is -3.19. The number of ketones is 1. The van der Waals surface area contributed by atoms with E-state index in [0.29, 0.717) is 6.54 Å². The van der Waals surface area contributed by atoms with Gasteiger partial charge in [0.2, 0.25) is 0 Å². The molecule has 1 fully saturated rings. The molecule has 0 aliphatic carbocycles. The van der Waals surface area contributed by atoms with Gasteiger partial charge in [-0.15, -0.1) is 0 Å². The molecule has 0 saturated carbocycles. The fourth-order valence-corrected chi connectivity index (χ4v) is 4.58. The number of amidine groups is 1. The molecular weight excluding hydrogens is 390 g/mol. The SMILES string of the molecule is Cc1ccc2c(c1)n1cccc1c(=O)n2CCCN1CCN(C2=NCC(=O)C=C2)CC1. The molecule has 0 spiro atoms.